The van der Waals surface area contributed by atoms with Crippen molar-refractivity contribution in [1.82, 2.24) is 10.3 Å². The first kappa shape index (κ1) is 9.93. The molecule has 1 saturated carbocycles. The van der Waals surface area contributed by atoms with Crippen LogP contribution < -0.4 is 10.6 Å². The maximum atomic E-state index is 4.16. The highest BCUT2D eigenvalue weighted by Gasteiger charge is 2.40. The third-order valence-electron chi connectivity index (χ3n) is 2.74. The fourth-order valence-corrected chi connectivity index (χ4v) is 1.65. The highest BCUT2D eigenvalue weighted by Crippen LogP contribution is 2.34. The SMILES string of the molecule is CNC1(CNc2ccc(Br)nc2)CC1. The lowest BCUT2D eigenvalue weighted by Crippen LogP contribution is -2.34. The summed E-state index contributed by atoms with van der Waals surface area (Å²) in [5.74, 6) is 0. The van der Waals surface area contributed by atoms with Gasteiger partial charge in [0.2, 0.25) is 0 Å². The normalized spacial score (nSPS) is 17.9. The van der Waals surface area contributed by atoms with Crippen molar-refractivity contribution in [3.63, 3.8) is 0 Å². The largest absolute Gasteiger partial charge is 0.382 e. The number of halogens is 1. The van der Waals surface area contributed by atoms with E-state index in [1.807, 2.05) is 25.4 Å². The fourth-order valence-electron chi connectivity index (χ4n) is 1.42. The maximum absolute atomic E-state index is 4.16. The van der Waals surface area contributed by atoms with Crippen LogP contribution >= 0.6 is 15.9 Å². The number of hydrogen-bond donors (Lipinski definition) is 2. The first-order valence-corrected chi connectivity index (χ1v) is 5.58. The van der Waals surface area contributed by atoms with Crippen LogP contribution in [0.4, 0.5) is 5.69 Å². The molecule has 0 bridgehead atoms. The molecule has 1 aromatic rings. The van der Waals surface area contributed by atoms with Crippen molar-refractivity contribution in [2.24, 2.45) is 0 Å². The van der Waals surface area contributed by atoms with Gasteiger partial charge in [-0.05, 0) is 48.0 Å². The monoisotopic (exact) mass is 255 g/mol. The van der Waals surface area contributed by atoms with E-state index in [2.05, 4.69) is 31.5 Å². The Morgan fingerprint density at radius 2 is 2.29 bits per heavy atom. The Hall–Kier alpha value is -0.610. The lowest BCUT2D eigenvalue weighted by Gasteiger charge is -2.15. The lowest BCUT2D eigenvalue weighted by molar-refractivity contribution is 0.578. The minimum absolute atomic E-state index is 0.340. The number of hydrogen-bond acceptors (Lipinski definition) is 3. The van der Waals surface area contributed by atoms with Crippen LogP contribution in [0.15, 0.2) is 22.9 Å². The van der Waals surface area contributed by atoms with Crippen LogP contribution in [-0.2, 0) is 0 Å². The third-order valence-corrected chi connectivity index (χ3v) is 3.21. The fraction of sp³-hybridized carbons (Fsp3) is 0.500. The van der Waals surface area contributed by atoms with E-state index in [-0.39, 0.29) is 0 Å². The standard InChI is InChI=1S/C10H14BrN3/c1-12-10(4-5-10)7-14-8-2-3-9(11)13-6-8/h2-3,6,12,14H,4-5,7H2,1H3. The number of rotatable bonds is 4. The third kappa shape index (κ3) is 2.25. The number of aromatic nitrogens is 1. The molecule has 1 aromatic heterocycles. The summed E-state index contributed by atoms with van der Waals surface area (Å²) in [6.45, 7) is 0.979. The van der Waals surface area contributed by atoms with E-state index in [0.717, 1.165) is 16.8 Å². The molecule has 76 valence electrons. The summed E-state index contributed by atoms with van der Waals surface area (Å²) in [7, 11) is 2.02. The molecule has 1 heterocycles. The van der Waals surface area contributed by atoms with Crippen LogP contribution in [0.25, 0.3) is 0 Å². The molecule has 0 atom stereocenters. The quantitative estimate of drug-likeness (QED) is 0.809. The molecule has 0 spiro atoms. The zero-order chi connectivity index (χ0) is 10.0. The van der Waals surface area contributed by atoms with Crippen LogP contribution in [0, 0.1) is 0 Å². The summed E-state index contributed by atoms with van der Waals surface area (Å²) in [5.41, 5.74) is 1.42. The van der Waals surface area contributed by atoms with Crippen molar-refractivity contribution in [3.05, 3.63) is 22.9 Å². The van der Waals surface area contributed by atoms with Crippen molar-refractivity contribution in [2.75, 3.05) is 18.9 Å². The first-order chi connectivity index (χ1) is 6.74. The van der Waals surface area contributed by atoms with Crippen LogP contribution in [-0.4, -0.2) is 24.1 Å². The average molecular weight is 256 g/mol. The minimum Gasteiger partial charge on any atom is -0.382 e. The van der Waals surface area contributed by atoms with Crippen molar-refractivity contribution < 1.29 is 0 Å². The molecular weight excluding hydrogens is 242 g/mol. The highest BCUT2D eigenvalue weighted by molar-refractivity contribution is 9.10. The molecule has 0 unspecified atom stereocenters. The van der Waals surface area contributed by atoms with Gasteiger partial charge in [-0.25, -0.2) is 4.98 Å². The van der Waals surface area contributed by atoms with Gasteiger partial charge in [-0.3, -0.25) is 0 Å². The van der Waals surface area contributed by atoms with Gasteiger partial charge in [0.1, 0.15) is 4.60 Å². The van der Waals surface area contributed by atoms with Crippen LogP contribution in [0.3, 0.4) is 0 Å². The molecular formula is C10H14BrN3. The molecule has 1 fully saturated rings. The second kappa shape index (κ2) is 3.87. The number of anilines is 1. The van der Waals surface area contributed by atoms with E-state index >= 15 is 0 Å². The molecule has 1 aliphatic rings. The van der Waals surface area contributed by atoms with Crippen LogP contribution in [0.2, 0.25) is 0 Å². The van der Waals surface area contributed by atoms with Gasteiger partial charge in [-0.1, -0.05) is 0 Å². The Morgan fingerprint density at radius 3 is 2.79 bits per heavy atom. The van der Waals surface area contributed by atoms with E-state index < -0.39 is 0 Å². The Balaban J connectivity index is 1.89. The molecule has 0 amide bonds. The van der Waals surface area contributed by atoms with Gasteiger partial charge in [-0.2, -0.15) is 0 Å². The van der Waals surface area contributed by atoms with Crippen molar-refractivity contribution in [1.29, 1.82) is 0 Å². The van der Waals surface area contributed by atoms with Gasteiger partial charge < -0.3 is 10.6 Å². The summed E-state index contributed by atoms with van der Waals surface area (Å²) >= 11 is 3.31. The van der Waals surface area contributed by atoms with Gasteiger partial charge in [0.15, 0.2) is 0 Å². The zero-order valence-corrected chi connectivity index (χ0v) is 9.76. The van der Waals surface area contributed by atoms with E-state index in [1.54, 1.807) is 0 Å². The summed E-state index contributed by atoms with van der Waals surface area (Å²) in [6, 6.07) is 3.98. The van der Waals surface area contributed by atoms with Crippen LogP contribution in [0.5, 0.6) is 0 Å². The Morgan fingerprint density at radius 1 is 1.50 bits per heavy atom. The Kier molecular flexibility index (Phi) is 2.74. The first-order valence-electron chi connectivity index (χ1n) is 4.78. The number of nitrogens with zero attached hydrogens (tertiary/aromatic N) is 1. The average Bonchev–Trinajstić information content (AvgIpc) is 2.98. The molecule has 2 N–H and O–H groups in total. The molecule has 3 nitrogen and oxygen atoms in total. The smallest absolute Gasteiger partial charge is 0.106 e. The van der Waals surface area contributed by atoms with Crippen molar-refractivity contribution >= 4 is 21.6 Å². The van der Waals surface area contributed by atoms with Crippen molar-refractivity contribution in [3.8, 4) is 0 Å². The van der Waals surface area contributed by atoms with Gasteiger partial charge in [-0.15, -0.1) is 0 Å². The van der Waals surface area contributed by atoms with Gasteiger partial charge >= 0.3 is 0 Å². The highest BCUT2D eigenvalue weighted by atomic mass is 79.9. The zero-order valence-electron chi connectivity index (χ0n) is 8.18. The molecule has 0 aliphatic heterocycles. The topological polar surface area (TPSA) is 37.0 Å². The Bertz CT molecular complexity index is 306. The van der Waals surface area contributed by atoms with Crippen molar-refractivity contribution in [2.45, 2.75) is 18.4 Å². The lowest BCUT2D eigenvalue weighted by atomic mass is 10.2. The van der Waals surface area contributed by atoms with Gasteiger partial charge in [0.05, 0.1) is 11.9 Å². The second-order valence-electron chi connectivity index (χ2n) is 3.75. The molecule has 1 aliphatic carbocycles. The van der Waals surface area contributed by atoms with Gasteiger partial charge in [0, 0.05) is 12.1 Å². The summed E-state index contributed by atoms with van der Waals surface area (Å²) < 4.78 is 0.873. The van der Waals surface area contributed by atoms with E-state index in [0.29, 0.717) is 5.54 Å². The summed E-state index contributed by atoms with van der Waals surface area (Å²) in [4.78, 5) is 4.16. The second-order valence-corrected chi connectivity index (χ2v) is 4.57. The number of likely N-dealkylation sites (N-methyl/N-ethyl adjacent to an activating group) is 1. The van der Waals surface area contributed by atoms with E-state index in [4.69, 9.17) is 0 Å². The molecule has 14 heavy (non-hydrogen) atoms. The summed E-state index contributed by atoms with van der Waals surface area (Å²) in [6.07, 6.45) is 4.37. The number of nitrogens with one attached hydrogen (secondary N) is 2. The minimum atomic E-state index is 0.340. The summed E-state index contributed by atoms with van der Waals surface area (Å²) in [5, 5.41) is 6.72. The predicted octanol–water partition coefficient (Wildman–Crippen LogP) is 2.01. The number of pyridine rings is 1. The maximum Gasteiger partial charge on any atom is 0.106 e. The van der Waals surface area contributed by atoms with E-state index in [9.17, 15) is 0 Å². The van der Waals surface area contributed by atoms with Crippen LogP contribution in [0.1, 0.15) is 12.8 Å². The Labute approximate surface area is 92.4 Å². The predicted molar refractivity (Wildman–Crippen MR) is 61.5 cm³/mol. The molecule has 4 heteroatoms. The molecule has 0 radical (unpaired) electrons. The molecule has 0 saturated heterocycles. The van der Waals surface area contributed by atoms with E-state index in [1.165, 1.54) is 12.8 Å². The molecule has 2 rings (SSSR count). The molecule has 0 aromatic carbocycles. The van der Waals surface area contributed by atoms with Gasteiger partial charge in [0.25, 0.3) is 0 Å².